The van der Waals surface area contributed by atoms with Crippen LogP contribution < -0.4 is 0 Å². The van der Waals surface area contributed by atoms with Gasteiger partial charge in [0.15, 0.2) is 5.78 Å². The van der Waals surface area contributed by atoms with Crippen molar-refractivity contribution in [1.29, 1.82) is 0 Å². The van der Waals surface area contributed by atoms with Crippen molar-refractivity contribution in [3.8, 4) is 0 Å². The van der Waals surface area contributed by atoms with Gasteiger partial charge < -0.3 is 9.47 Å². The smallest absolute Gasteiger partial charge is 0.207 e. The fourth-order valence-electron chi connectivity index (χ4n) is 6.74. The molecule has 2 aliphatic heterocycles. The van der Waals surface area contributed by atoms with Gasteiger partial charge in [-0.2, -0.15) is 0 Å². The van der Waals surface area contributed by atoms with Gasteiger partial charge in [0.05, 0.1) is 5.41 Å². The Hall–Kier alpha value is -2.75. The maximum atomic E-state index is 13.7. The molecule has 0 aromatic heterocycles. The molecule has 0 unspecified atom stereocenters. The van der Waals surface area contributed by atoms with E-state index in [-0.39, 0.29) is 11.7 Å². The first kappa shape index (κ1) is 17.1. The minimum Gasteiger partial charge on any atom is -0.348 e. The third-order valence-corrected chi connectivity index (χ3v) is 7.67. The van der Waals surface area contributed by atoms with Crippen LogP contribution in [-0.2, 0) is 26.1 Å². The van der Waals surface area contributed by atoms with Gasteiger partial charge in [-0.25, -0.2) is 0 Å². The van der Waals surface area contributed by atoms with E-state index in [2.05, 4.69) is 43.3 Å². The van der Waals surface area contributed by atoms with Crippen molar-refractivity contribution in [2.45, 2.75) is 29.6 Å². The lowest BCUT2D eigenvalue weighted by Gasteiger charge is -2.42. The average Bonchev–Trinajstić information content (AvgIpc) is 3.26. The van der Waals surface area contributed by atoms with Crippen molar-refractivity contribution in [3.63, 3.8) is 0 Å². The first-order chi connectivity index (χ1) is 14.2. The fourth-order valence-corrected chi connectivity index (χ4v) is 6.74. The zero-order valence-corrected chi connectivity index (χ0v) is 16.5. The van der Waals surface area contributed by atoms with Gasteiger partial charge in [0.1, 0.15) is 6.10 Å². The number of ketones is 1. The van der Waals surface area contributed by atoms with E-state index in [1.165, 1.54) is 0 Å². The van der Waals surface area contributed by atoms with Crippen LogP contribution in [0.1, 0.15) is 34.0 Å². The molecule has 1 saturated heterocycles. The topological polar surface area (TPSA) is 35.5 Å². The number of hydrogen-bond acceptors (Lipinski definition) is 3. The van der Waals surface area contributed by atoms with Crippen LogP contribution in [0, 0.1) is 5.92 Å². The van der Waals surface area contributed by atoms with Gasteiger partial charge in [-0.3, -0.25) is 4.79 Å². The molecule has 5 atom stereocenters. The monoisotopic (exact) mass is 382 g/mol. The van der Waals surface area contributed by atoms with Crippen LogP contribution in [0.15, 0.2) is 84.9 Å². The number of carbonyl (C=O) groups is 1. The second kappa shape index (κ2) is 5.44. The highest BCUT2D eigenvalue weighted by Gasteiger charge is 2.93. The fraction of sp³-hybridized carbons (Fsp3) is 0.269. The Labute approximate surface area is 170 Å². The molecule has 2 fully saturated rings. The summed E-state index contributed by atoms with van der Waals surface area (Å²) >= 11 is 0. The Balaban J connectivity index is 1.76. The number of rotatable bonds is 3. The van der Waals surface area contributed by atoms with Crippen molar-refractivity contribution in [1.82, 2.24) is 0 Å². The lowest BCUT2D eigenvalue weighted by Crippen LogP contribution is -2.48. The second-order valence-corrected chi connectivity index (χ2v) is 8.36. The lowest BCUT2D eigenvalue weighted by molar-refractivity contribution is -0.249. The normalized spacial score (nSPS) is 36.4. The summed E-state index contributed by atoms with van der Waals surface area (Å²) in [5, 5.41) is 0. The molecule has 0 radical (unpaired) electrons. The van der Waals surface area contributed by atoms with Gasteiger partial charge in [0.2, 0.25) is 5.79 Å². The summed E-state index contributed by atoms with van der Waals surface area (Å²) in [6.45, 7) is 2.24. The van der Waals surface area contributed by atoms with Gasteiger partial charge in [-0.1, -0.05) is 91.9 Å². The number of benzene rings is 3. The molecule has 1 saturated carbocycles. The van der Waals surface area contributed by atoms with Crippen molar-refractivity contribution >= 4 is 5.78 Å². The van der Waals surface area contributed by atoms with Crippen LogP contribution in [0.5, 0.6) is 0 Å². The SMILES string of the molecule is CO[C@@]12O[C@@H](C(=O)c3ccccc31)[C@]1(c3ccccc3)[C@@H](C)[C@]21c1ccccc1. The maximum absolute atomic E-state index is 13.7. The highest BCUT2D eigenvalue weighted by Crippen LogP contribution is 2.84. The molecule has 3 aromatic rings. The lowest BCUT2D eigenvalue weighted by atomic mass is 9.75. The Morgan fingerprint density at radius 3 is 2.07 bits per heavy atom. The van der Waals surface area contributed by atoms with E-state index in [4.69, 9.17) is 9.47 Å². The van der Waals surface area contributed by atoms with E-state index >= 15 is 0 Å². The summed E-state index contributed by atoms with van der Waals surface area (Å²) in [7, 11) is 1.71. The van der Waals surface area contributed by atoms with Crippen LogP contribution in [0.25, 0.3) is 0 Å². The number of fused-ring (bicyclic) bond motifs is 7. The summed E-state index contributed by atoms with van der Waals surface area (Å²) < 4.78 is 12.9. The number of methoxy groups -OCH3 is 1. The van der Waals surface area contributed by atoms with E-state index < -0.39 is 22.7 Å². The first-order valence-electron chi connectivity index (χ1n) is 10.1. The highest BCUT2D eigenvalue weighted by molar-refractivity contribution is 6.05. The number of Topliss-reactive ketones (excluding diaryl/α,β-unsaturated/α-hetero) is 1. The van der Waals surface area contributed by atoms with Crippen LogP contribution in [0.3, 0.4) is 0 Å². The summed E-state index contributed by atoms with van der Waals surface area (Å²) in [5.41, 5.74) is 2.91. The zero-order valence-electron chi connectivity index (χ0n) is 16.5. The first-order valence-corrected chi connectivity index (χ1v) is 10.1. The van der Waals surface area contributed by atoms with Gasteiger partial charge in [-0.05, 0) is 17.0 Å². The van der Waals surface area contributed by atoms with Crippen LogP contribution in [0.4, 0.5) is 0 Å². The molecular weight excluding hydrogens is 360 g/mol. The maximum Gasteiger partial charge on any atom is 0.207 e. The molecule has 2 bridgehead atoms. The summed E-state index contributed by atoms with van der Waals surface area (Å²) in [4.78, 5) is 13.7. The molecule has 3 aromatic carbocycles. The number of ether oxygens (including phenoxy) is 2. The van der Waals surface area contributed by atoms with Crippen molar-refractivity contribution in [2.75, 3.05) is 7.11 Å². The van der Waals surface area contributed by atoms with E-state index in [9.17, 15) is 4.79 Å². The third-order valence-electron chi connectivity index (χ3n) is 7.67. The molecule has 3 aliphatic rings. The molecule has 3 nitrogen and oxygen atoms in total. The quantitative estimate of drug-likeness (QED) is 0.664. The molecule has 3 heteroatoms. The van der Waals surface area contributed by atoms with Crippen LogP contribution in [-0.4, -0.2) is 19.0 Å². The third kappa shape index (κ3) is 1.60. The van der Waals surface area contributed by atoms with E-state index in [0.29, 0.717) is 0 Å². The van der Waals surface area contributed by atoms with Gasteiger partial charge in [0, 0.05) is 23.7 Å². The van der Waals surface area contributed by atoms with Gasteiger partial charge >= 0.3 is 0 Å². The predicted octanol–water partition coefficient (Wildman–Crippen LogP) is 4.61. The van der Waals surface area contributed by atoms with E-state index in [0.717, 1.165) is 22.3 Å². The largest absolute Gasteiger partial charge is 0.348 e. The van der Waals surface area contributed by atoms with Crippen molar-refractivity contribution in [2.24, 2.45) is 5.92 Å². The van der Waals surface area contributed by atoms with Gasteiger partial charge in [-0.15, -0.1) is 0 Å². The van der Waals surface area contributed by atoms with Crippen LogP contribution in [0.2, 0.25) is 0 Å². The summed E-state index contributed by atoms with van der Waals surface area (Å²) in [5.74, 6) is -0.770. The van der Waals surface area contributed by atoms with Crippen molar-refractivity contribution in [3.05, 3.63) is 107 Å². The minimum atomic E-state index is -1.00. The second-order valence-electron chi connectivity index (χ2n) is 8.36. The van der Waals surface area contributed by atoms with E-state index in [1.807, 2.05) is 48.5 Å². The number of hydrogen-bond donors (Lipinski definition) is 0. The Morgan fingerprint density at radius 1 is 0.828 bits per heavy atom. The Morgan fingerprint density at radius 2 is 1.41 bits per heavy atom. The molecular formula is C26H22O3. The van der Waals surface area contributed by atoms with Gasteiger partial charge in [0.25, 0.3) is 0 Å². The highest BCUT2D eigenvalue weighted by atomic mass is 16.7. The molecule has 1 aliphatic carbocycles. The average molecular weight is 382 g/mol. The molecule has 0 spiro atoms. The molecule has 0 amide bonds. The molecule has 6 rings (SSSR count). The molecule has 144 valence electrons. The Kier molecular flexibility index (Phi) is 3.21. The van der Waals surface area contributed by atoms with Crippen molar-refractivity contribution < 1.29 is 14.3 Å². The minimum absolute atomic E-state index is 0.0549. The Bertz CT molecular complexity index is 1120. The predicted molar refractivity (Wildman–Crippen MR) is 110 cm³/mol. The molecule has 29 heavy (non-hydrogen) atoms. The molecule has 2 heterocycles. The van der Waals surface area contributed by atoms with E-state index in [1.54, 1.807) is 7.11 Å². The summed E-state index contributed by atoms with van der Waals surface area (Å²) in [6.07, 6.45) is -0.574. The zero-order chi connectivity index (χ0) is 19.9. The number of carbonyl (C=O) groups excluding carboxylic acids is 1. The standard InChI is InChI=1S/C26H22O3/c1-17-24(18-11-5-3-6-12-18)23-22(27)20-15-9-10-16-21(20)26(28-2,29-23)25(17,24)19-13-7-4-8-14-19/h3-17,23H,1-2H3/t17-,23+,24-,25-,26-/m1/s1. The van der Waals surface area contributed by atoms with Crippen LogP contribution >= 0.6 is 0 Å². The summed E-state index contributed by atoms with van der Waals surface area (Å²) in [6, 6.07) is 28.6. The molecule has 0 N–H and O–H groups in total.